The molecule has 0 radical (unpaired) electrons. The third-order valence-electron chi connectivity index (χ3n) is 2.42. The topological polar surface area (TPSA) is 52.9 Å². The van der Waals surface area contributed by atoms with E-state index in [1.54, 1.807) is 17.0 Å². The Morgan fingerprint density at radius 3 is 2.76 bits per heavy atom. The van der Waals surface area contributed by atoms with Gasteiger partial charge in [0.05, 0.1) is 28.0 Å². The van der Waals surface area contributed by atoms with Gasteiger partial charge in [-0.05, 0) is 19.1 Å². The van der Waals surface area contributed by atoms with E-state index in [-0.39, 0.29) is 6.54 Å². The molecule has 1 aromatic carbocycles. The molecule has 1 aliphatic rings. The van der Waals surface area contributed by atoms with Crippen molar-refractivity contribution in [2.75, 3.05) is 18.0 Å². The second kappa shape index (κ2) is 4.55. The Bertz CT molecular complexity index is 514. The van der Waals surface area contributed by atoms with Crippen LogP contribution in [0.5, 0.6) is 0 Å². The smallest absolute Gasteiger partial charge is 0.323 e. The molecule has 90 valence electrons. The summed E-state index contributed by atoms with van der Waals surface area (Å²) in [5, 5.41) is 9.68. The zero-order valence-corrected chi connectivity index (χ0v) is 10.6. The molecule has 0 saturated heterocycles. The molecule has 0 aromatic heterocycles. The maximum Gasteiger partial charge on any atom is 0.323 e. The highest BCUT2D eigenvalue weighted by atomic mass is 35.5. The monoisotopic (exact) mass is 272 g/mol. The van der Waals surface area contributed by atoms with Crippen molar-refractivity contribution in [3.63, 3.8) is 0 Å². The van der Waals surface area contributed by atoms with Crippen molar-refractivity contribution in [2.45, 2.75) is 6.92 Å². The molecule has 1 N–H and O–H groups in total. The van der Waals surface area contributed by atoms with Crippen molar-refractivity contribution >= 4 is 46.3 Å². The minimum Gasteiger partial charge on any atom is -0.480 e. The van der Waals surface area contributed by atoms with E-state index < -0.39 is 5.97 Å². The summed E-state index contributed by atoms with van der Waals surface area (Å²) >= 11 is 11.8. The van der Waals surface area contributed by atoms with Crippen molar-refractivity contribution in [2.24, 2.45) is 4.99 Å². The Balaban J connectivity index is 2.48. The van der Waals surface area contributed by atoms with Crippen LogP contribution in [0.3, 0.4) is 0 Å². The molecule has 0 fully saturated rings. The second-order valence-electron chi connectivity index (χ2n) is 3.85. The molecule has 0 spiro atoms. The van der Waals surface area contributed by atoms with E-state index in [2.05, 4.69) is 4.99 Å². The van der Waals surface area contributed by atoms with Gasteiger partial charge in [0.25, 0.3) is 0 Å². The quantitative estimate of drug-likeness (QED) is 0.901. The fraction of sp³-hybridized carbons (Fsp3) is 0.273. The normalized spacial score (nSPS) is 14.3. The van der Waals surface area contributed by atoms with Crippen molar-refractivity contribution in [3.8, 4) is 0 Å². The van der Waals surface area contributed by atoms with Gasteiger partial charge in [-0.2, -0.15) is 0 Å². The number of nitrogens with zero attached hydrogens (tertiary/aromatic N) is 2. The molecule has 0 aliphatic carbocycles. The molecule has 0 unspecified atom stereocenters. The summed E-state index contributed by atoms with van der Waals surface area (Å²) in [5.41, 5.74) is 2.20. The van der Waals surface area contributed by atoms with Gasteiger partial charge in [-0.15, -0.1) is 0 Å². The predicted octanol–water partition coefficient (Wildman–Crippen LogP) is 2.99. The Kier molecular flexibility index (Phi) is 3.26. The van der Waals surface area contributed by atoms with E-state index in [9.17, 15) is 4.79 Å². The molecule has 1 aromatic rings. The summed E-state index contributed by atoms with van der Waals surface area (Å²) in [6, 6.07) is 3.30. The SMILES string of the molecule is CC1=Nc2cc(Cl)c(Cl)cc2N(CC(=O)O)C1. The molecule has 17 heavy (non-hydrogen) atoms. The largest absolute Gasteiger partial charge is 0.480 e. The Morgan fingerprint density at radius 2 is 2.12 bits per heavy atom. The third-order valence-corrected chi connectivity index (χ3v) is 3.14. The van der Waals surface area contributed by atoms with E-state index >= 15 is 0 Å². The Labute approximate surface area is 108 Å². The number of carboxylic acid groups (broad SMARTS) is 1. The number of rotatable bonds is 2. The molecule has 0 amide bonds. The maximum atomic E-state index is 10.8. The number of hydrogen-bond acceptors (Lipinski definition) is 3. The van der Waals surface area contributed by atoms with Crippen LogP contribution in [0.15, 0.2) is 17.1 Å². The molecule has 4 nitrogen and oxygen atoms in total. The first kappa shape index (κ1) is 12.2. The summed E-state index contributed by atoms with van der Waals surface area (Å²) in [6.45, 7) is 2.25. The highest BCUT2D eigenvalue weighted by molar-refractivity contribution is 6.42. The number of halogens is 2. The summed E-state index contributed by atoms with van der Waals surface area (Å²) in [5.74, 6) is -0.892. The van der Waals surface area contributed by atoms with E-state index in [4.69, 9.17) is 28.3 Å². The van der Waals surface area contributed by atoms with E-state index in [0.29, 0.717) is 28.0 Å². The molecule has 0 saturated carbocycles. The lowest BCUT2D eigenvalue weighted by molar-refractivity contribution is -0.135. The van der Waals surface area contributed by atoms with E-state index in [0.717, 1.165) is 5.71 Å². The molecular weight excluding hydrogens is 263 g/mol. The number of aliphatic imine (C=N–C) groups is 1. The zero-order chi connectivity index (χ0) is 12.6. The van der Waals surface area contributed by atoms with Gasteiger partial charge in [0.1, 0.15) is 6.54 Å². The highest BCUT2D eigenvalue weighted by Crippen LogP contribution is 2.38. The number of benzene rings is 1. The molecular formula is C11H10Cl2N2O2. The first-order chi connectivity index (χ1) is 7.97. The first-order valence-corrected chi connectivity index (χ1v) is 5.73. The van der Waals surface area contributed by atoms with Gasteiger partial charge in [0, 0.05) is 5.71 Å². The summed E-state index contributed by atoms with van der Waals surface area (Å²) in [6.07, 6.45) is 0. The minimum atomic E-state index is -0.892. The fourth-order valence-electron chi connectivity index (χ4n) is 1.78. The van der Waals surface area contributed by atoms with Gasteiger partial charge < -0.3 is 10.0 Å². The van der Waals surface area contributed by atoms with Crippen LogP contribution in [0.1, 0.15) is 6.92 Å². The van der Waals surface area contributed by atoms with Crippen LogP contribution in [0, 0.1) is 0 Å². The summed E-state index contributed by atoms with van der Waals surface area (Å²) in [7, 11) is 0. The maximum absolute atomic E-state index is 10.8. The van der Waals surface area contributed by atoms with Crippen molar-refractivity contribution in [1.29, 1.82) is 0 Å². The Morgan fingerprint density at radius 1 is 1.47 bits per heavy atom. The molecule has 6 heteroatoms. The van der Waals surface area contributed by atoms with Gasteiger partial charge in [-0.3, -0.25) is 9.79 Å². The van der Waals surface area contributed by atoms with E-state index in [1.165, 1.54) is 0 Å². The summed E-state index contributed by atoms with van der Waals surface area (Å²) < 4.78 is 0. The number of carbonyl (C=O) groups is 1. The fourth-order valence-corrected chi connectivity index (χ4v) is 2.09. The summed E-state index contributed by atoms with van der Waals surface area (Å²) in [4.78, 5) is 16.9. The van der Waals surface area contributed by atoms with E-state index in [1.807, 2.05) is 6.92 Å². The van der Waals surface area contributed by atoms with Crippen molar-refractivity contribution in [3.05, 3.63) is 22.2 Å². The number of anilines is 1. The lowest BCUT2D eigenvalue weighted by Crippen LogP contribution is -2.35. The van der Waals surface area contributed by atoms with Crippen LogP contribution in [0.2, 0.25) is 10.0 Å². The number of fused-ring (bicyclic) bond motifs is 1. The van der Waals surface area contributed by atoms with Crippen LogP contribution >= 0.6 is 23.2 Å². The number of carboxylic acids is 1. The number of aliphatic carboxylic acids is 1. The van der Waals surface area contributed by atoms with Crippen LogP contribution in [0.25, 0.3) is 0 Å². The third kappa shape index (κ3) is 2.53. The molecule has 0 bridgehead atoms. The van der Waals surface area contributed by atoms with Crippen molar-refractivity contribution < 1.29 is 9.90 Å². The zero-order valence-electron chi connectivity index (χ0n) is 9.07. The van der Waals surface area contributed by atoms with Crippen LogP contribution in [-0.2, 0) is 4.79 Å². The molecule has 1 heterocycles. The van der Waals surface area contributed by atoms with Gasteiger partial charge in [0.15, 0.2) is 0 Å². The van der Waals surface area contributed by atoms with Crippen LogP contribution in [0.4, 0.5) is 11.4 Å². The standard InChI is InChI=1S/C11H10Cl2N2O2/c1-6-4-15(5-11(16)17)10-3-8(13)7(12)2-9(10)14-6/h2-3H,4-5H2,1H3,(H,16,17). The second-order valence-corrected chi connectivity index (χ2v) is 4.67. The van der Waals surface area contributed by atoms with Gasteiger partial charge in [-0.1, -0.05) is 23.2 Å². The molecule has 1 aliphatic heterocycles. The van der Waals surface area contributed by atoms with Crippen molar-refractivity contribution in [1.82, 2.24) is 0 Å². The van der Waals surface area contributed by atoms with Crippen LogP contribution < -0.4 is 4.90 Å². The van der Waals surface area contributed by atoms with Gasteiger partial charge in [-0.25, -0.2) is 0 Å². The highest BCUT2D eigenvalue weighted by Gasteiger charge is 2.20. The number of hydrogen-bond donors (Lipinski definition) is 1. The molecule has 0 atom stereocenters. The van der Waals surface area contributed by atoms with Gasteiger partial charge >= 0.3 is 5.97 Å². The lowest BCUT2D eigenvalue weighted by atomic mass is 10.2. The Hall–Kier alpha value is -1.26. The average Bonchev–Trinajstić information content (AvgIpc) is 2.20. The average molecular weight is 273 g/mol. The lowest BCUT2D eigenvalue weighted by Gasteiger charge is -2.28. The predicted molar refractivity (Wildman–Crippen MR) is 69.1 cm³/mol. The van der Waals surface area contributed by atoms with Gasteiger partial charge in [0.2, 0.25) is 0 Å². The first-order valence-electron chi connectivity index (χ1n) is 4.97. The molecule has 2 rings (SSSR count). The minimum absolute atomic E-state index is 0.0855. The van der Waals surface area contributed by atoms with Crippen LogP contribution in [-0.4, -0.2) is 29.9 Å².